The van der Waals surface area contributed by atoms with Crippen molar-refractivity contribution in [3.05, 3.63) is 52.8 Å². The van der Waals surface area contributed by atoms with Crippen LogP contribution in [0.5, 0.6) is 0 Å². The molecule has 0 aliphatic carbocycles. The Balaban J connectivity index is 0.00000288. The van der Waals surface area contributed by atoms with E-state index in [0.29, 0.717) is 6.54 Å². The number of guanidine groups is 1. The lowest BCUT2D eigenvalue weighted by molar-refractivity contribution is 0.597. The summed E-state index contributed by atoms with van der Waals surface area (Å²) in [6, 6.07) is 6.49. The molecule has 6 heteroatoms. The number of hydrogen-bond donors (Lipinski definition) is 2. The Labute approximate surface area is 162 Å². The summed E-state index contributed by atoms with van der Waals surface area (Å²) in [6.07, 6.45) is 3.92. The molecule has 24 heavy (non-hydrogen) atoms. The first-order valence-electron chi connectivity index (χ1n) is 8.16. The Bertz CT molecular complexity index is 663. The zero-order valence-corrected chi connectivity index (χ0v) is 17.3. The van der Waals surface area contributed by atoms with Crippen molar-refractivity contribution in [2.75, 3.05) is 13.1 Å². The summed E-state index contributed by atoms with van der Waals surface area (Å²) in [5, 5.41) is 10.9. The third kappa shape index (κ3) is 6.51. The van der Waals surface area contributed by atoms with Crippen molar-refractivity contribution < 1.29 is 0 Å². The van der Waals surface area contributed by atoms with Crippen LogP contribution in [0.3, 0.4) is 0 Å². The Morgan fingerprint density at radius 2 is 1.96 bits per heavy atom. The maximum absolute atomic E-state index is 4.68. The SMILES string of the molecule is CCNC(=NCc1ccc(C)cc1C)NCCn1cc(C)cn1.I. The van der Waals surface area contributed by atoms with Crippen LogP contribution in [0.25, 0.3) is 0 Å². The predicted octanol–water partition coefficient (Wildman–Crippen LogP) is 3.18. The molecule has 1 heterocycles. The first-order valence-corrected chi connectivity index (χ1v) is 8.16. The van der Waals surface area contributed by atoms with Gasteiger partial charge >= 0.3 is 0 Å². The van der Waals surface area contributed by atoms with Gasteiger partial charge < -0.3 is 10.6 Å². The summed E-state index contributed by atoms with van der Waals surface area (Å²) in [6.45, 7) is 11.5. The number of aromatic nitrogens is 2. The normalized spacial score (nSPS) is 11.1. The van der Waals surface area contributed by atoms with Gasteiger partial charge in [0.25, 0.3) is 0 Å². The molecule has 0 aliphatic heterocycles. The van der Waals surface area contributed by atoms with Crippen molar-refractivity contribution >= 4 is 29.9 Å². The van der Waals surface area contributed by atoms with E-state index in [1.165, 1.54) is 22.3 Å². The summed E-state index contributed by atoms with van der Waals surface area (Å²) >= 11 is 0. The molecule has 2 N–H and O–H groups in total. The predicted molar refractivity (Wildman–Crippen MR) is 111 cm³/mol. The van der Waals surface area contributed by atoms with Gasteiger partial charge in [-0.05, 0) is 44.4 Å². The molecule has 1 aromatic carbocycles. The van der Waals surface area contributed by atoms with Crippen LogP contribution < -0.4 is 10.6 Å². The van der Waals surface area contributed by atoms with Gasteiger partial charge in [-0.1, -0.05) is 23.8 Å². The van der Waals surface area contributed by atoms with Crippen LogP contribution in [0.4, 0.5) is 0 Å². The van der Waals surface area contributed by atoms with E-state index in [9.17, 15) is 0 Å². The lowest BCUT2D eigenvalue weighted by Gasteiger charge is -2.12. The first-order chi connectivity index (χ1) is 11.1. The van der Waals surface area contributed by atoms with E-state index in [1.807, 2.05) is 24.0 Å². The summed E-state index contributed by atoms with van der Waals surface area (Å²) in [5.74, 6) is 0.844. The molecule has 2 aromatic rings. The van der Waals surface area contributed by atoms with E-state index in [2.05, 4.69) is 59.7 Å². The second-order valence-electron chi connectivity index (χ2n) is 5.83. The zero-order valence-electron chi connectivity index (χ0n) is 15.0. The zero-order chi connectivity index (χ0) is 16.7. The molecule has 0 amide bonds. The first kappa shape index (κ1) is 20.5. The minimum absolute atomic E-state index is 0. The lowest BCUT2D eigenvalue weighted by atomic mass is 10.1. The molecule has 0 aliphatic rings. The van der Waals surface area contributed by atoms with Crippen LogP contribution in [0.15, 0.2) is 35.6 Å². The highest BCUT2D eigenvalue weighted by atomic mass is 127. The van der Waals surface area contributed by atoms with Gasteiger partial charge in [0.1, 0.15) is 0 Å². The van der Waals surface area contributed by atoms with Crippen molar-refractivity contribution in [3.63, 3.8) is 0 Å². The lowest BCUT2D eigenvalue weighted by Crippen LogP contribution is -2.38. The number of hydrogen-bond acceptors (Lipinski definition) is 2. The number of aliphatic imine (C=N–C) groups is 1. The Kier molecular flexibility index (Phi) is 8.81. The van der Waals surface area contributed by atoms with Crippen molar-refractivity contribution in [2.45, 2.75) is 40.8 Å². The summed E-state index contributed by atoms with van der Waals surface area (Å²) in [5.41, 5.74) is 5.02. The third-order valence-electron chi connectivity index (χ3n) is 3.65. The van der Waals surface area contributed by atoms with E-state index < -0.39 is 0 Å². The topological polar surface area (TPSA) is 54.2 Å². The average Bonchev–Trinajstić information content (AvgIpc) is 2.91. The third-order valence-corrected chi connectivity index (χ3v) is 3.65. The molecule has 0 bridgehead atoms. The quantitative estimate of drug-likeness (QED) is 0.412. The fourth-order valence-corrected chi connectivity index (χ4v) is 2.41. The van der Waals surface area contributed by atoms with Crippen molar-refractivity contribution in [1.82, 2.24) is 20.4 Å². The van der Waals surface area contributed by atoms with Crippen LogP contribution in [0.2, 0.25) is 0 Å². The van der Waals surface area contributed by atoms with E-state index in [0.717, 1.165) is 25.6 Å². The molecule has 1 aromatic heterocycles. The van der Waals surface area contributed by atoms with E-state index in [4.69, 9.17) is 0 Å². The number of halogens is 1. The number of rotatable bonds is 6. The number of aryl methyl sites for hydroxylation is 3. The van der Waals surface area contributed by atoms with Crippen LogP contribution in [-0.2, 0) is 13.1 Å². The van der Waals surface area contributed by atoms with Crippen LogP contribution >= 0.6 is 24.0 Å². The van der Waals surface area contributed by atoms with Crippen LogP contribution in [0.1, 0.15) is 29.2 Å². The monoisotopic (exact) mass is 441 g/mol. The molecule has 132 valence electrons. The smallest absolute Gasteiger partial charge is 0.191 e. The van der Waals surface area contributed by atoms with Crippen molar-refractivity contribution in [3.8, 4) is 0 Å². The highest BCUT2D eigenvalue weighted by Gasteiger charge is 2.01. The van der Waals surface area contributed by atoms with E-state index >= 15 is 0 Å². The van der Waals surface area contributed by atoms with Crippen LogP contribution in [0, 0.1) is 20.8 Å². The average molecular weight is 441 g/mol. The molecule has 0 fully saturated rings. The molecule has 2 rings (SSSR count). The summed E-state index contributed by atoms with van der Waals surface area (Å²) < 4.78 is 1.94. The van der Waals surface area contributed by atoms with Gasteiger partial charge in [0, 0.05) is 19.3 Å². The van der Waals surface area contributed by atoms with E-state index in [-0.39, 0.29) is 24.0 Å². The molecule has 0 saturated heterocycles. The van der Waals surface area contributed by atoms with Gasteiger partial charge in [-0.25, -0.2) is 4.99 Å². The van der Waals surface area contributed by atoms with Crippen molar-refractivity contribution in [2.24, 2.45) is 4.99 Å². The van der Waals surface area contributed by atoms with Crippen LogP contribution in [-0.4, -0.2) is 28.8 Å². The molecular weight excluding hydrogens is 413 g/mol. The molecule has 0 atom stereocenters. The largest absolute Gasteiger partial charge is 0.357 e. The van der Waals surface area contributed by atoms with Gasteiger partial charge in [0.15, 0.2) is 5.96 Å². The van der Waals surface area contributed by atoms with Gasteiger partial charge in [0.2, 0.25) is 0 Å². The highest BCUT2D eigenvalue weighted by molar-refractivity contribution is 14.0. The molecule has 0 spiro atoms. The molecular formula is C18H28IN5. The number of nitrogens with zero attached hydrogens (tertiary/aromatic N) is 3. The second kappa shape index (κ2) is 10.3. The number of benzene rings is 1. The summed E-state index contributed by atoms with van der Waals surface area (Å²) in [4.78, 5) is 4.68. The fraction of sp³-hybridized carbons (Fsp3) is 0.444. The Morgan fingerprint density at radius 1 is 1.17 bits per heavy atom. The van der Waals surface area contributed by atoms with E-state index in [1.54, 1.807) is 0 Å². The van der Waals surface area contributed by atoms with Gasteiger partial charge in [-0.2, -0.15) is 5.10 Å². The molecule has 0 radical (unpaired) electrons. The van der Waals surface area contributed by atoms with Gasteiger partial charge in [0.05, 0.1) is 19.3 Å². The Morgan fingerprint density at radius 3 is 2.58 bits per heavy atom. The summed E-state index contributed by atoms with van der Waals surface area (Å²) in [7, 11) is 0. The molecule has 0 saturated carbocycles. The van der Waals surface area contributed by atoms with Crippen molar-refractivity contribution in [1.29, 1.82) is 0 Å². The fourth-order valence-electron chi connectivity index (χ4n) is 2.41. The minimum Gasteiger partial charge on any atom is -0.357 e. The Hall–Kier alpha value is -1.57. The number of nitrogens with one attached hydrogen (secondary N) is 2. The highest BCUT2D eigenvalue weighted by Crippen LogP contribution is 2.11. The maximum Gasteiger partial charge on any atom is 0.191 e. The molecule has 0 unspecified atom stereocenters. The maximum atomic E-state index is 4.68. The standard InChI is InChI=1S/C18H27N5.HI/c1-5-19-18(20-8-9-23-13-15(3)11-22-23)21-12-17-7-6-14(2)10-16(17)4;/h6-7,10-11,13H,5,8-9,12H2,1-4H3,(H2,19,20,21);1H. The van der Waals surface area contributed by atoms with Gasteiger partial charge in [-0.15, -0.1) is 24.0 Å². The molecule has 5 nitrogen and oxygen atoms in total. The van der Waals surface area contributed by atoms with Gasteiger partial charge in [-0.3, -0.25) is 4.68 Å². The minimum atomic E-state index is 0. The second-order valence-corrected chi connectivity index (χ2v) is 5.83.